The van der Waals surface area contributed by atoms with E-state index in [0.29, 0.717) is 38.9 Å². The molecule has 0 radical (unpaired) electrons. The number of aromatic nitrogens is 6. The fourth-order valence-corrected chi connectivity index (χ4v) is 6.14. The van der Waals surface area contributed by atoms with Gasteiger partial charge in [-0.25, -0.2) is 14.4 Å². The summed E-state index contributed by atoms with van der Waals surface area (Å²) in [4.78, 5) is 35.4. The monoisotopic (exact) mass is 804 g/mol. The van der Waals surface area contributed by atoms with Crippen LogP contribution in [0.2, 0.25) is 5.02 Å². The van der Waals surface area contributed by atoms with Crippen LogP contribution in [-0.4, -0.2) is 52.4 Å². The molecule has 58 heavy (non-hydrogen) atoms. The number of amides is 2. The number of nitrogens with one attached hydrogen (secondary N) is 2. The number of halogens is 2. The number of rotatable bonds is 6. The molecule has 0 aliphatic heterocycles. The summed E-state index contributed by atoms with van der Waals surface area (Å²) in [6.45, 7) is 24.1. The minimum absolute atomic E-state index is 0.141. The smallest absolute Gasteiger partial charge is 0.251 e. The predicted molar refractivity (Wildman–Crippen MR) is 231 cm³/mol. The van der Waals surface area contributed by atoms with Crippen LogP contribution < -0.4 is 10.6 Å². The lowest BCUT2D eigenvalue weighted by Gasteiger charge is -2.23. The van der Waals surface area contributed by atoms with Gasteiger partial charge in [0.1, 0.15) is 5.82 Å². The Labute approximate surface area is 346 Å². The number of carbonyl (C=O) groups is 2. The molecule has 0 bridgehead atoms. The van der Waals surface area contributed by atoms with Crippen LogP contribution in [0.25, 0.3) is 45.3 Å². The minimum atomic E-state index is -0.371. The Kier molecular flexibility index (Phi) is 12.5. The second kappa shape index (κ2) is 16.7. The molecule has 0 aliphatic rings. The minimum Gasteiger partial charge on any atom is -0.347 e. The standard InChI is InChI=1S/C23H27ClN4O.C23H27FN4O/c2*1-22(2,3)27-21(29)16-13-18(15-7-9-17(24)10-8-15)26-19(14-16)20-11-12-25-28(20)23(4,5)6/h2*7-14H,1-6H3,(H,27,29). The van der Waals surface area contributed by atoms with E-state index in [0.717, 1.165) is 22.5 Å². The Morgan fingerprint density at radius 3 is 1.22 bits per heavy atom. The predicted octanol–water partition coefficient (Wildman–Crippen LogP) is 10.6. The Morgan fingerprint density at radius 1 is 0.534 bits per heavy atom. The molecule has 2 aromatic carbocycles. The van der Waals surface area contributed by atoms with Crippen molar-refractivity contribution >= 4 is 23.4 Å². The average molecular weight is 805 g/mol. The SMILES string of the molecule is CC(C)(C)NC(=O)c1cc(-c2ccc(Cl)cc2)nc(-c2ccnn2C(C)(C)C)c1.CC(C)(C)NC(=O)c1cc(-c2ccc(F)cc2)nc(-c2ccnn2C(C)(C)C)c1. The highest BCUT2D eigenvalue weighted by molar-refractivity contribution is 6.30. The van der Waals surface area contributed by atoms with Gasteiger partial charge in [0.25, 0.3) is 11.8 Å². The number of hydrogen-bond acceptors (Lipinski definition) is 6. The molecule has 0 aliphatic carbocycles. The van der Waals surface area contributed by atoms with Crippen molar-refractivity contribution in [3.05, 3.63) is 119 Å². The van der Waals surface area contributed by atoms with Crippen LogP contribution >= 0.6 is 11.6 Å². The molecule has 6 rings (SSSR count). The first-order valence-corrected chi connectivity index (χ1v) is 19.6. The molecule has 0 unspecified atom stereocenters. The summed E-state index contributed by atoms with van der Waals surface area (Å²) in [5.74, 6) is -0.647. The molecule has 2 N–H and O–H groups in total. The Bertz CT molecular complexity index is 2220. The van der Waals surface area contributed by atoms with Gasteiger partial charge in [0.15, 0.2) is 0 Å². The van der Waals surface area contributed by atoms with E-state index in [4.69, 9.17) is 21.6 Å². The van der Waals surface area contributed by atoms with E-state index in [9.17, 15) is 14.0 Å². The zero-order valence-electron chi connectivity index (χ0n) is 35.5. The summed E-state index contributed by atoms with van der Waals surface area (Å²) in [5.41, 5.74) is 5.81. The number of pyridine rings is 2. The lowest BCUT2D eigenvalue weighted by Crippen LogP contribution is -2.40. The molecule has 0 saturated heterocycles. The van der Waals surface area contributed by atoms with Gasteiger partial charge in [-0.05, 0) is 156 Å². The maximum atomic E-state index is 13.4. The van der Waals surface area contributed by atoms with E-state index in [1.807, 2.05) is 99.4 Å². The molecule has 4 heterocycles. The molecule has 12 heteroatoms. The van der Waals surface area contributed by atoms with Gasteiger partial charge in [0.2, 0.25) is 0 Å². The molecule has 0 saturated carbocycles. The van der Waals surface area contributed by atoms with Crippen LogP contribution in [0.3, 0.4) is 0 Å². The zero-order chi connectivity index (χ0) is 42.8. The van der Waals surface area contributed by atoms with Crippen molar-refractivity contribution < 1.29 is 14.0 Å². The van der Waals surface area contributed by atoms with E-state index in [1.165, 1.54) is 12.1 Å². The highest BCUT2D eigenvalue weighted by Crippen LogP contribution is 2.30. The van der Waals surface area contributed by atoms with Crippen molar-refractivity contribution in [3.63, 3.8) is 0 Å². The maximum Gasteiger partial charge on any atom is 0.251 e. The summed E-state index contributed by atoms with van der Waals surface area (Å²) >= 11 is 6.04. The first kappa shape index (κ1) is 43.4. The fraction of sp³-hybridized carbons (Fsp3) is 0.348. The van der Waals surface area contributed by atoms with Crippen LogP contribution in [0, 0.1) is 5.82 Å². The molecule has 0 fully saturated rings. The van der Waals surface area contributed by atoms with Crippen molar-refractivity contribution in [3.8, 4) is 45.3 Å². The Hall–Kier alpha value is -5.68. The Balaban J connectivity index is 0.000000221. The Morgan fingerprint density at radius 2 is 0.879 bits per heavy atom. The average Bonchev–Trinajstić information content (AvgIpc) is 3.83. The molecule has 304 valence electrons. The van der Waals surface area contributed by atoms with Crippen molar-refractivity contribution in [1.29, 1.82) is 0 Å². The second-order valence-electron chi connectivity index (χ2n) is 18.3. The lowest BCUT2D eigenvalue weighted by atomic mass is 10.0. The van der Waals surface area contributed by atoms with Gasteiger partial charge in [-0.3, -0.25) is 19.0 Å². The molecule has 10 nitrogen and oxygen atoms in total. The largest absolute Gasteiger partial charge is 0.347 e. The van der Waals surface area contributed by atoms with E-state index in [-0.39, 0.29) is 39.8 Å². The zero-order valence-corrected chi connectivity index (χ0v) is 36.2. The molecule has 2 amide bonds. The van der Waals surface area contributed by atoms with E-state index >= 15 is 0 Å². The third-order valence-corrected chi connectivity index (χ3v) is 8.77. The highest BCUT2D eigenvalue weighted by atomic mass is 35.5. The molecular weight excluding hydrogens is 751 g/mol. The van der Waals surface area contributed by atoms with Gasteiger partial charge in [0.05, 0.1) is 45.2 Å². The van der Waals surface area contributed by atoms with Crippen LogP contribution in [0.5, 0.6) is 0 Å². The van der Waals surface area contributed by atoms with Crippen molar-refractivity contribution in [1.82, 2.24) is 40.2 Å². The van der Waals surface area contributed by atoms with Gasteiger partial charge in [-0.2, -0.15) is 10.2 Å². The molecule has 0 spiro atoms. The van der Waals surface area contributed by atoms with Crippen LogP contribution in [0.15, 0.2) is 97.3 Å². The maximum absolute atomic E-state index is 13.4. The van der Waals surface area contributed by atoms with Gasteiger partial charge in [-0.1, -0.05) is 23.7 Å². The summed E-state index contributed by atoms with van der Waals surface area (Å²) in [7, 11) is 0. The lowest BCUT2D eigenvalue weighted by molar-refractivity contribution is 0.0910. The van der Waals surface area contributed by atoms with Crippen molar-refractivity contribution in [2.75, 3.05) is 0 Å². The van der Waals surface area contributed by atoms with E-state index in [1.54, 1.807) is 36.7 Å². The summed E-state index contributed by atoms with van der Waals surface area (Å²) in [6, 6.07) is 24.5. The molecule has 4 aromatic heterocycles. The van der Waals surface area contributed by atoms with Crippen molar-refractivity contribution in [2.24, 2.45) is 0 Å². The number of carbonyl (C=O) groups excluding carboxylic acids is 2. The molecule has 6 aromatic rings. The number of nitrogens with zero attached hydrogens (tertiary/aromatic N) is 6. The second-order valence-corrected chi connectivity index (χ2v) is 18.7. The molecular formula is C46H54ClFN8O2. The normalized spacial score (nSPS) is 12.1. The van der Waals surface area contributed by atoms with Crippen molar-refractivity contribution in [2.45, 2.75) is 105 Å². The highest BCUT2D eigenvalue weighted by Gasteiger charge is 2.24. The van der Waals surface area contributed by atoms with Crippen LogP contribution in [0.1, 0.15) is 104 Å². The first-order valence-electron chi connectivity index (χ1n) is 19.2. The van der Waals surface area contributed by atoms with Crippen LogP contribution in [0.4, 0.5) is 4.39 Å². The summed E-state index contributed by atoms with van der Waals surface area (Å²) in [5, 5.41) is 15.6. The topological polar surface area (TPSA) is 120 Å². The van der Waals surface area contributed by atoms with Gasteiger partial charge in [0, 0.05) is 50.7 Å². The fourth-order valence-electron chi connectivity index (χ4n) is 6.01. The van der Waals surface area contributed by atoms with E-state index in [2.05, 4.69) is 62.4 Å². The molecule has 0 atom stereocenters. The summed E-state index contributed by atoms with van der Waals surface area (Å²) < 4.78 is 17.2. The first-order chi connectivity index (χ1) is 26.9. The number of benzene rings is 2. The van der Waals surface area contributed by atoms with Gasteiger partial charge < -0.3 is 10.6 Å². The third-order valence-electron chi connectivity index (χ3n) is 8.51. The summed E-state index contributed by atoms with van der Waals surface area (Å²) in [6.07, 6.45) is 3.48. The van der Waals surface area contributed by atoms with Gasteiger partial charge >= 0.3 is 0 Å². The van der Waals surface area contributed by atoms with Crippen LogP contribution in [-0.2, 0) is 11.1 Å². The quantitative estimate of drug-likeness (QED) is 0.173. The third kappa shape index (κ3) is 11.2. The van der Waals surface area contributed by atoms with Gasteiger partial charge in [-0.15, -0.1) is 0 Å². The van der Waals surface area contributed by atoms with E-state index < -0.39 is 0 Å². The number of hydrogen-bond donors (Lipinski definition) is 2.